The van der Waals surface area contributed by atoms with Crippen molar-refractivity contribution in [3.05, 3.63) is 54.1 Å². The Morgan fingerprint density at radius 1 is 1.15 bits per heavy atom. The van der Waals surface area contributed by atoms with Crippen molar-refractivity contribution in [2.45, 2.75) is 25.7 Å². The molecule has 0 aromatic heterocycles. The molecule has 1 aliphatic heterocycles. The molecule has 0 aliphatic carbocycles. The molecular weight excluding hydrogens is 340 g/mol. The summed E-state index contributed by atoms with van der Waals surface area (Å²) in [6, 6.07) is 16.0. The first kappa shape index (κ1) is 19.2. The maximum Gasteiger partial charge on any atom is 0.225 e. The second kappa shape index (κ2) is 8.44. The van der Waals surface area contributed by atoms with Crippen molar-refractivity contribution in [2.24, 2.45) is 0 Å². The number of rotatable bonds is 6. The first-order valence-corrected chi connectivity index (χ1v) is 9.36. The van der Waals surface area contributed by atoms with Crippen LogP contribution in [0, 0.1) is 0 Å². The number of anilines is 2. The quantitative estimate of drug-likeness (QED) is 0.842. The molecule has 1 heterocycles. The summed E-state index contributed by atoms with van der Waals surface area (Å²) in [5, 5.41) is 3.04. The average molecular weight is 368 g/mol. The first-order valence-electron chi connectivity index (χ1n) is 9.36. The number of nitrogens with one attached hydrogen (secondary N) is 1. The number of benzene rings is 2. The molecular formula is C22H28N2O3. The van der Waals surface area contributed by atoms with E-state index in [1.165, 1.54) is 0 Å². The second-order valence-electron chi connectivity index (χ2n) is 7.46. The van der Waals surface area contributed by atoms with Gasteiger partial charge in [0.1, 0.15) is 5.75 Å². The Balaban J connectivity index is 1.74. The molecule has 0 saturated carbocycles. The second-order valence-corrected chi connectivity index (χ2v) is 7.46. The van der Waals surface area contributed by atoms with Crippen LogP contribution in [0.15, 0.2) is 48.5 Å². The van der Waals surface area contributed by atoms with E-state index >= 15 is 0 Å². The minimum Gasteiger partial charge on any atom is -0.495 e. The maximum absolute atomic E-state index is 12.8. The zero-order valence-corrected chi connectivity index (χ0v) is 16.3. The van der Waals surface area contributed by atoms with E-state index < -0.39 is 0 Å². The van der Waals surface area contributed by atoms with Gasteiger partial charge in [-0.25, -0.2) is 0 Å². The van der Waals surface area contributed by atoms with Gasteiger partial charge in [0, 0.05) is 25.2 Å². The van der Waals surface area contributed by atoms with Crippen LogP contribution >= 0.6 is 0 Å². The largest absolute Gasteiger partial charge is 0.495 e. The van der Waals surface area contributed by atoms with Crippen molar-refractivity contribution in [3.8, 4) is 5.75 Å². The number of hydrogen-bond donors (Lipinski definition) is 1. The Bertz CT molecular complexity index is 768. The van der Waals surface area contributed by atoms with Crippen molar-refractivity contribution < 1.29 is 14.3 Å². The maximum atomic E-state index is 12.8. The average Bonchev–Trinajstić information content (AvgIpc) is 2.69. The summed E-state index contributed by atoms with van der Waals surface area (Å²) in [5.41, 5.74) is 2.67. The minimum absolute atomic E-state index is 0.0266. The number of carbonyl (C=O) groups is 1. The van der Waals surface area contributed by atoms with Crippen LogP contribution < -0.4 is 15.0 Å². The van der Waals surface area contributed by atoms with Gasteiger partial charge < -0.3 is 19.7 Å². The van der Waals surface area contributed by atoms with Gasteiger partial charge in [-0.2, -0.15) is 0 Å². The molecule has 1 saturated heterocycles. The van der Waals surface area contributed by atoms with Crippen molar-refractivity contribution in [1.29, 1.82) is 0 Å². The van der Waals surface area contributed by atoms with Gasteiger partial charge in [-0.05, 0) is 29.2 Å². The van der Waals surface area contributed by atoms with Crippen LogP contribution in [0.25, 0.3) is 0 Å². The van der Waals surface area contributed by atoms with E-state index in [0.29, 0.717) is 17.9 Å². The molecule has 3 rings (SSSR count). The van der Waals surface area contributed by atoms with E-state index in [0.717, 1.165) is 37.6 Å². The van der Waals surface area contributed by atoms with Gasteiger partial charge in [0.15, 0.2) is 0 Å². The highest BCUT2D eigenvalue weighted by molar-refractivity contribution is 5.93. The Hall–Kier alpha value is -2.53. The third-order valence-corrected chi connectivity index (χ3v) is 4.99. The van der Waals surface area contributed by atoms with E-state index in [1.54, 1.807) is 7.11 Å². The van der Waals surface area contributed by atoms with Crippen LogP contribution in [0.3, 0.4) is 0 Å². The van der Waals surface area contributed by atoms with Gasteiger partial charge in [0.2, 0.25) is 5.91 Å². The standard InChI is InChI=1S/C22H28N2O3/c1-22(2,17-7-5-4-6-8-17)16-21(25)23-19-15-18(9-10-20(19)26-3)24-11-13-27-14-12-24/h4-10,15H,11-14,16H2,1-3H3,(H,23,25). The molecule has 0 spiro atoms. The van der Waals surface area contributed by atoms with Gasteiger partial charge in [0.25, 0.3) is 0 Å². The first-order chi connectivity index (χ1) is 13.0. The highest BCUT2D eigenvalue weighted by Gasteiger charge is 2.25. The summed E-state index contributed by atoms with van der Waals surface area (Å²) < 4.78 is 10.9. The summed E-state index contributed by atoms with van der Waals surface area (Å²) in [4.78, 5) is 15.0. The lowest BCUT2D eigenvalue weighted by molar-refractivity contribution is -0.117. The van der Waals surface area contributed by atoms with E-state index in [9.17, 15) is 4.79 Å². The zero-order chi connectivity index (χ0) is 19.3. The lowest BCUT2D eigenvalue weighted by atomic mass is 9.81. The summed E-state index contributed by atoms with van der Waals surface area (Å²) in [6.45, 7) is 7.31. The number of morpholine rings is 1. The summed E-state index contributed by atoms with van der Waals surface area (Å²) in [6.07, 6.45) is 0.391. The van der Waals surface area contributed by atoms with Gasteiger partial charge in [-0.1, -0.05) is 44.2 Å². The van der Waals surface area contributed by atoms with E-state index in [-0.39, 0.29) is 11.3 Å². The SMILES string of the molecule is COc1ccc(N2CCOCC2)cc1NC(=O)CC(C)(C)c1ccccc1. The minimum atomic E-state index is -0.250. The fourth-order valence-corrected chi connectivity index (χ4v) is 3.40. The molecule has 0 unspecified atom stereocenters. The highest BCUT2D eigenvalue weighted by atomic mass is 16.5. The van der Waals surface area contributed by atoms with Crippen LogP contribution in [-0.4, -0.2) is 39.3 Å². The van der Waals surface area contributed by atoms with E-state index in [1.807, 2.05) is 36.4 Å². The van der Waals surface area contributed by atoms with Crippen molar-refractivity contribution in [3.63, 3.8) is 0 Å². The summed E-state index contributed by atoms with van der Waals surface area (Å²) in [7, 11) is 1.62. The lowest BCUT2D eigenvalue weighted by Crippen LogP contribution is -2.36. The molecule has 1 amide bonds. The van der Waals surface area contributed by atoms with E-state index in [2.05, 4.69) is 36.2 Å². The predicted octanol–water partition coefficient (Wildman–Crippen LogP) is 3.84. The Morgan fingerprint density at radius 3 is 2.52 bits per heavy atom. The molecule has 144 valence electrons. The highest BCUT2D eigenvalue weighted by Crippen LogP contribution is 2.32. The number of carbonyl (C=O) groups excluding carboxylic acids is 1. The van der Waals surface area contributed by atoms with Crippen LogP contribution in [0.5, 0.6) is 5.75 Å². The van der Waals surface area contributed by atoms with Gasteiger partial charge in [-0.3, -0.25) is 4.79 Å². The topological polar surface area (TPSA) is 50.8 Å². The molecule has 2 aromatic carbocycles. The van der Waals surface area contributed by atoms with Gasteiger partial charge >= 0.3 is 0 Å². The van der Waals surface area contributed by atoms with Crippen LogP contribution in [0.4, 0.5) is 11.4 Å². The smallest absolute Gasteiger partial charge is 0.225 e. The van der Waals surface area contributed by atoms with Crippen molar-refractivity contribution in [2.75, 3.05) is 43.6 Å². The Morgan fingerprint density at radius 2 is 1.85 bits per heavy atom. The van der Waals surface area contributed by atoms with Crippen LogP contribution in [0.2, 0.25) is 0 Å². The third-order valence-electron chi connectivity index (χ3n) is 4.99. The van der Waals surface area contributed by atoms with Crippen molar-refractivity contribution >= 4 is 17.3 Å². The molecule has 1 N–H and O–H groups in total. The molecule has 1 fully saturated rings. The number of amides is 1. The monoisotopic (exact) mass is 368 g/mol. The molecule has 1 aliphatic rings. The fraction of sp³-hybridized carbons (Fsp3) is 0.409. The van der Waals surface area contributed by atoms with Crippen LogP contribution in [0.1, 0.15) is 25.8 Å². The molecule has 0 atom stereocenters. The van der Waals surface area contributed by atoms with Gasteiger partial charge in [-0.15, -0.1) is 0 Å². The zero-order valence-electron chi connectivity index (χ0n) is 16.3. The number of nitrogens with zero attached hydrogens (tertiary/aromatic N) is 1. The fourth-order valence-electron chi connectivity index (χ4n) is 3.40. The van der Waals surface area contributed by atoms with Crippen molar-refractivity contribution in [1.82, 2.24) is 0 Å². The molecule has 0 radical (unpaired) electrons. The van der Waals surface area contributed by atoms with Gasteiger partial charge in [0.05, 0.1) is 26.0 Å². The third kappa shape index (κ3) is 4.80. The molecule has 5 nitrogen and oxygen atoms in total. The Kier molecular flexibility index (Phi) is 6.01. The molecule has 2 aromatic rings. The number of hydrogen-bond acceptors (Lipinski definition) is 4. The summed E-state index contributed by atoms with van der Waals surface area (Å²) >= 11 is 0. The summed E-state index contributed by atoms with van der Waals surface area (Å²) in [5.74, 6) is 0.638. The Labute approximate surface area is 161 Å². The molecule has 5 heteroatoms. The molecule has 27 heavy (non-hydrogen) atoms. The number of methoxy groups -OCH3 is 1. The predicted molar refractivity (Wildman–Crippen MR) is 109 cm³/mol. The van der Waals surface area contributed by atoms with E-state index in [4.69, 9.17) is 9.47 Å². The molecule has 0 bridgehead atoms. The lowest BCUT2D eigenvalue weighted by Gasteiger charge is -2.29. The number of ether oxygens (including phenoxy) is 2. The normalized spacial score (nSPS) is 14.7. The van der Waals surface area contributed by atoms with Crippen LogP contribution in [-0.2, 0) is 14.9 Å².